The zero-order valence-corrected chi connectivity index (χ0v) is 44.6. The van der Waals surface area contributed by atoms with Gasteiger partial charge in [0.15, 0.2) is 24.6 Å². The third-order valence-corrected chi connectivity index (χ3v) is 11.2. The van der Waals surface area contributed by atoms with E-state index in [-0.39, 0.29) is 19.3 Å². The number of unbranched alkanes of at least 4 members (excludes halogenated alkanes) is 8. The Hall–Kier alpha value is -5.14. The molecule has 0 aromatic carbocycles. The summed E-state index contributed by atoms with van der Waals surface area (Å²) in [6.07, 6.45) is 54.7. The molecule has 1 aliphatic heterocycles. The van der Waals surface area contributed by atoms with Crippen LogP contribution in [0.15, 0.2) is 134 Å². The van der Waals surface area contributed by atoms with E-state index in [4.69, 9.17) is 23.7 Å². The lowest BCUT2D eigenvalue weighted by atomic mass is 9.98. The van der Waals surface area contributed by atoms with Gasteiger partial charge in [0.05, 0.1) is 13.0 Å². The molecule has 1 aliphatic rings. The molecule has 6 atom stereocenters. The summed E-state index contributed by atoms with van der Waals surface area (Å²) in [5.41, 5.74) is 0. The van der Waals surface area contributed by atoms with Gasteiger partial charge in [0.25, 0.3) is 0 Å². The minimum atomic E-state index is -1.93. The van der Waals surface area contributed by atoms with E-state index in [9.17, 15) is 34.5 Å². The van der Waals surface area contributed by atoms with Crippen molar-refractivity contribution in [2.45, 2.75) is 212 Å². The molecule has 0 bridgehead atoms. The van der Waals surface area contributed by atoms with Gasteiger partial charge in [-0.15, -0.1) is 0 Å². The van der Waals surface area contributed by atoms with E-state index in [0.29, 0.717) is 25.7 Å². The number of ether oxygens (including phenoxy) is 5. The van der Waals surface area contributed by atoms with Crippen molar-refractivity contribution in [3.05, 3.63) is 134 Å². The second-order valence-electron chi connectivity index (χ2n) is 17.8. The Morgan fingerprint density at radius 1 is 0.479 bits per heavy atom. The molecule has 1 rings (SSSR count). The summed E-state index contributed by atoms with van der Waals surface area (Å²) < 4.78 is 28.1. The van der Waals surface area contributed by atoms with Gasteiger partial charge in [0.2, 0.25) is 0 Å². The Morgan fingerprint density at radius 3 is 1.44 bits per heavy atom. The largest absolute Gasteiger partial charge is 0.479 e. The van der Waals surface area contributed by atoms with Crippen molar-refractivity contribution >= 4 is 23.9 Å². The lowest BCUT2D eigenvalue weighted by Gasteiger charge is -2.40. The average molecular weight is 1020 g/mol. The van der Waals surface area contributed by atoms with Gasteiger partial charge in [-0.3, -0.25) is 14.4 Å². The van der Waals surface area contributed by atoms with Crippen molar-refractivity contribution in [1.29, 1.82) is 0 Å². The summed E-state index contributed by atoms with van der Waals surface area (Å²) >= 11 is 0. The zero-order valence-electron chi connectivity index (χ0n) is 44.6. The van der Waals surface area contributed by atoms with Crippen LogP contribution in [0.3, 0.4) is 0 Å². The molecule has 12 nitrogen and oxygen atoms in total. The minimum Gasteiger partial charge on any atom is -0.479 e. The molecule has 0 aromatic rings. The monoisotopic (exact) mass is 1020 g/mol. The highest BCUT2D eigenvalue weighted by molar-refractivity contribution is 5.74. The smallest absolute Gasteiger partial charge is 0.335 e. The van der Waals surface area contributed by atoms with Gasteiger partial charge >= 0.3 is 23.9 Å². The van der Waals surface area contributed by atoms with Crippen LogP contribution in [0.1, 0.15) is 175 Å². The lowest BCUT2D eigenvalue weighted by Crippen LogP contribution is -2.61. The number of hydrogen-bond acceptors (Lipinski definition) is 11. The van der Waals surface area contributed by atoms with Crippen LogP contribution in [0.25, 0.3) is 0 Å². The molecule has 408 valence electrons. The highest BCUT2D eigenvalue weighted by atomic mass is 16.7. The number of carboxylic acids is 1. The first-order chi connectivity index (χ1) is 35.6. The number of esters is 3. The molecule has 0 amide bonds. The summed E-state index contributed by atoms with van der Waals surface area (Å²) in [5.74, 6) is -3.41. The van der Waals surface area contributed by atoms with Crippen LogP contribution >= 0.6 is 0 Å². The molecule has 0 saturated carbocycles. The Kier molecular flexibility index (Phi) is 43.2. The molecule has 1 heterocycles. The number of aliphatic carboxylic acids is 1. The van der Waals surface area contributed by atoms with Crippen LogP contribution in [-0.4, -0.2) is 89.2 Å². The normalized spacial score (nSPS) is 19.4. The molecule has 0 aromatic heterocycles. The van der Waals surface area contributed by atoms with E-state index in [2.05, 4.69) is 118 Å². The topological polar surface area (TPSA) is 175 Å². The van der Waals surface area contributed by atoms with Crippen LogP contribution in [-0.2, 0) is 42.9 Å². The number of carbonyl (C=O) groups excluding carboxylic acids is 3. The number of rotatable bonds is 43. The van der Waals surface area contributed by atoms with Crippen LogP contribution in [0.2, 0.25) is 0 Å². The Balaban J connectivity index is 2.83. The van der Waals surface area contributed by atoms with Crippen LogP contribution in [0.5, 0.6) is 0 Å². The van der Waals surface area contributed by atoms with E-state index in [1.54, 1.807) is 6.08 Å². The van der Waals surface area contributed by atoms with Crippen molar-refractivity contribution in [2.75, 3.05) is 13.2 Å². The fraction of sp³-hybridized carbons (Fsp3) is 0.574. The number of aliphatic hydroxyl groups excluding tert-OH is 2. The first-order valence-electron chi connectivity index (χ1n) is 27.2. The number of aliphatic hydroxyl groups is 2. The summed E-state index contributed by atoms with van der Waals surface area (Å²) in [4.78, 5) is 50.8. The van der Waals surface area contributed by atoms with Gasteiger partial charge in [-0.25, -0.2) is 4.79 Å². The zero-order chi connectivity index (χ0) is 53.3. The number of carbonyl (C=O) groups is 4. The second kappa shape index (κ2) is 47.8. The third kappa shape index (κ3) is 38.2. The van der Waals surface area contributed by atoms with Crippen molar-refractivity contribution in [1.82, 2.24) is 0 Å². The van der Waals surface area contributed by atoms with Crippen molar-refractivity contribution < 1.29 is 58.2 Å². The summed E-state index contributed by atoms with van der Waals surface area (Å²) in [7, 11) is 0. The van der Waals surface area contributed by atoms with Crippen molar-refractivity contribution in [3.8, 4) is 0 Å². The summed E-state index contributed by atoms with van der Waals surface area (Å²) in [5, 5.41) is 31.3. The van der Waals surface area contributed by atoms with Crippen molar-refractivity contribution in [2.24, 2.45) is 0 Å². The molecule has 0 radical (unpaired) electrons. The molecule has 3 N–H and O–H groups in total. The summed E-state index contributed by atoms with van der Waals surface area (Å²) in [6.45, 7) is 5.54. The van der Waals surface area contributed by atoms with E-state index >= 15 is 0 Å². The van der Waals surface area contributed by atoms with Gasteiger partial charge in [0, 0.05) is 12.8 Å². The maximum atomic E-state index is 13.0. The maximum absolute atomic E-state index is 13.0. The predicted molar refractivity (Wildman–Crippen MR) is 293 cm³/mol. The third-order valence-electron chi connectivity index (χ3n) is 11.2. The van der Waals surface area contributed by atoms with Crippen LogP contribution < -0.4 is 0 Å². The van der Waals surface area contributed by atoms with E-state index in [1.807, 2.05) is 30.4 Å². The highest BCUT2D eigenvalue weighted by Gasteiger charge is 2.50. The molecule has 1 fully saturated rings. The van der Waals surface area contributed by atoms with Gasteiger partial charge in [0.1, 0.15) is 18.8 Å². The number of carboxylic acid groups (broad SMARTS) is 1. The van der Waals surface area contributed by atoms with Crippen LogP contribution in [0.4, 0.5) is 0 Å². The predicted octanol–water partition coefficient (Wildman–Crippen LogP) is 13.4. The standard InChI is InChI=1S/C61H92O12/c1-4-7-10-13-16-19-22-24-26-27-29-30-33-35-38-41-44-47-53(62)69-50-52(71-54(63)48-45-42-39-37-34-31-28-25-23-20-17-14-11-8-5-2)51-70-61-59(57(66)56(65)58(73-61)60(67)68)72-55(64)49-46-43-40-36-32-21-18-15-12-9-6-3/h7-8,10-11,15-20,24-26,28-30,34-35,37-38,42,45,52,56-59,61,65-66H,4-6,9,12-14,21-23,27,31-33,36,39-41,43-44,46-51H2,1-3H3,(H,67,68)/b10-7-,11-8-,18-15-,19-16-,20-17-,26-24-,28-25-,30-29-,37-34-,38-35-,45-42-. The molecule has 12 heteroatoms. The second-order valence-corrected chi connectivity index (χ2v) is 17.8. The quantitative estimate of drug-likeness (QED) is 0.0228. The SMILES string of the molecule is CC/C=C\C/C=C\C/C=C\C/C=C\C/C=C\CCCC(=O)OCC(COC1OC(C(=O)O)C(O)C(O)C1OC(=O)CCCCCCC/C=C\CCCC)OC(=O)C/C=C\C/C=C\C/C=C\C/C=C\C/C=C\CC. The minimum absolute atomic E-state index is 0.0262. The van der Waals surface area contributed by atoms with Gasteiger partial charge in [-0.2, -0.15) is 0 Å². The number of hydrogen-bond donors (Lipinski definition) is 3. The van der Waals surface area contributed by atoms with Gasteiger partial charge in [-0.1, -0.05) is 187 Å². The Morgan fingerprint density at radius 2 is 0.918 bits per heavy atom. The average Bonchev–Trinajstić information content (AvgIpc) is 3.37. The van der Waals surface area contributed by atoms with E-state index in [0.717, 1.165) is 96.3 Å². The Bertz CT molecular complexity index is 1780. The molecule has 73 heavy (non-hydrogen) atoms. The molecule has 0 aliphatic carbocycles. The summed E-state index contributed by atoms with van der Waals surface area (Å²) in [6, 6.07) is 0. The first kappa shape index (κ1) is 65.9. The van der Waals surface area contributed by atoms with Gasteiger partial charge < -0.3 is 39.0 Å². The fourth-order valence-corrected chi connectivity index (χ4v) is 7.10. The van der Waals surface area contributed by atoms with Crippen molar-refractivity contribution in [3.63, 3.8) is 0 Å². The van der Waals surface area contributed by atoms with Gasteiger partial charge in [-0.05, 0) is 103 Å². The maximum Gasteiger partial charge on any atom is 0.335 e. The Labute approximate surface area is 439 Å². The molecular formula is C61H92O12. The number of allylic oxidation sites excluding steroid dienone is 21. The molecular weight excluding hydrogens is 925 g/mol. The molecule has 1 saturated heterocycles. The lowest BCUT2D eigenvalue weighted by molar-refractivity contribution is -0.301. The first-order valence-corrected chi connectivity index (χ1v) is 27.2. The highest BCUT2D eigenvalue weighted by Crippen LogP contribution is 2.26. The van der Waals surface area contributed by atoms with E-state index < -0.39 is 73.9 Å². The molecule has 6 unspecified atom stereocenters. The fourth-order valence-electron chi connectivity index (χ4n) is 7.10. The van der Waals surface area contributed by atoms with Crippen LogP contribution in [0, 0.1) is 0 Å². The molecule has 0 spiro atoms. The van der Waals surface area contributed by atoms with E-state index in [1.165, 1.54) is 12.8 Å².